The standard InChI is InChI=1S/C23H24N2O4/c1-28-18-9-5-16(6-10-18)24-22(26)20-14-3-4-15(13-14)21(20)23(27)25-17-7-11-19(29-2)12-8-17/h3-12,14-15,20-21H,13H2,1-2H3,(H,24,26)(H,25,27)/t14-,15-,20-,21+/m0/s1. The molecule has 150 valence electrons. The molecule has 0 unspecified atom stereocenters. The molecule has 2 aliphatic carbocycles. The number of allylic oxidation sites excluding steroid dienone is 2. The molecule has 29 heavy (non-hydrogen) atoms. The maximum atomic E-state index is 13.0. The summed E-state index contributed by atoms with van der Waals surface area (Å²) in [5.41, 5.74) is 1.38. The van der Waals surface area contributed by atoms with Gasteiger partial charge in [0.1, 0.15) is 11.5 Å². The molecule has 2 bridgehead atoms. The fourth-order valence-corrected chi connectivity index (χ4v) is 4.34. The van der Waals surface area contributed by atoms with Crippen LogP contribution in [-0.2, 0) is 9.59 Å². The Kier molecular flexibility index (Phi) is 5.25. The molecule has 2 aromatic rings. The highest BCUT2D eigenvalue weighted by Gasteiger charge is 2.51. The Morgan fingerprint density at radius 3 is 1.45 bits per heavy atom. The zero-order valence-electron chi connectivity index (χ0n) is 16.4. The fourth-order valence-electron chi connectivity index (χ4n) is 4.34. The second-order valence-corrected chi connectivity index (χ2v) is 7.44. The Morgan fingerprint density at radius 1 is 0.724 bits per heavy atom. The van der Waals surface area contributed by atoms with Crippen molar-refractivity contribution in [3.63, 3.8) is 0 Å². The fraction of sp³-hybridized carbons (Fsp3) is 0.304. The molecule has 1 saturated carbocycles. The number of anilines is 2. The predicted molar refractivity (Wildman–Crippen MR) is 111 cm³/mol. The van der Waals surface area contributed by atoms with Crippen molar-refractivity contribution < 1.29 is 19.1 Å². The van der Waals surface area contributed by atoms with Crippen LogP contribution in [0.4, 0.5) is 11.4 Å². The Labute approximate surface area is 169 Å². The van der Waals surface area contributed by atoms with E-state index in [1.807, 2.05) is 0 Å². The molecular weight excluding hydrogens is 368 g/mol. The van der Waals surface area contributed by atoms with Gasteiger partial charge in [0, 0.05) is 11.4 Å². The van der Waals surface area contributed by atoms with Crippen molar-refractivity contribution in [3.05, 3.63) is 60.7 Å². The second-order valence-electron chi connectivity index (χ2n) is 7.44. The van der Waals surface area contributed by atoms with Gasteiger partial charge in [0.15, 0.2) is 0 Å². The third-order valence-electron chi connectivity index (χ3n) is 5.78. The van der Waals surface area contributed by atoms with Crippen molar-refractivity contribution in [2.75, 3.05) is 24.9 Å². The van der Waals surface area contributed by atoms with Crippen LogP contribution in [0.1, 0.15) is 6.42 Å². The third-order valence-corrected chi connectivity index (χ3v) is 5.78. The Hall–Kier alpha value is -3.28. The van der Waals surface area contributed by atoms with Gasteiger partial charge in [0.25, 0.3) is 0 Å². The molecule has 4 atom stereocenters. The van der Waals surface area contributed by atoms with Gasteiger partial charge in [-0.25, -0.2) is 0 Å². The summed E-state index contributed by atoms with van der Waals surface area (Å²) in [5, 5.41) is 5.92. The lowest BCUT2D eigenvalue weighted by Crippen LogP contribution is -2.39. The smallest absolute Gasteiger partial charge is 0.228 e. The number of hydrogen-bond donors (Lipinski definition) is 2. The molecule has 2 N–H and O–H groups in total. The van der Waals surface area contributed by atoms with Crippen LogP contribution in [0.5, 0.6) is 11.5 Å². The van der Waals surface area contributed by atoms with Crippen LogP contribution in [0.2, 0.25) is 0 Å². The van der Waals surface area contributed by atoms with E-state index in [4.69, 9.17) is 9.47 Å². The zero-order chi connectivity index (χ0) is 20.4. The quantitative estimate of drug-likeness (QED) is 0.735. The van der Waals surface area contributed by atoms with E-state index in [2.05, 4.69) is 22.8 Å². The first-order chi connectivity index (χ1) is 14.1. The summed E-state index contributed by atoms with van der Waals surface area (Å²) >= 11 is 0. The molecule has 6 heteroatoms. The Bertz CT molecular complexity index is 845. The highest BCUT2D eigenvalue weighted by molar-refractivity contribution is 6.01. The number of benzene rings is 2. The van der Waals surface area contributed by atoms with E-state index in [0.29, 0.717) is 11.4 Å². The maximum Gasteiger partial charge on any atom is 0.228 e. The molecule has 2 aliphatic rings. The van der Waals surface area contributed by atoms with Gasteiger partial charge < -0.3 is 20.1 Å². The van der Waals surface area contributed by atoms with E-state index in [0.717, 1.165) is 17.9 Å². The van der Waals surface area contributed by atoms with Crippen molar-refractivity contribution in [2.24, 2.45) is 23.7 Å². The molecule has 0 spiro atoms. The van der Waals surface area contributed by atoms with Crippen molar-refractivity contribution in [1.82, 2.24) is 0 Å². The average molecular weight is 392 g/mol. The Balaban J connectivity index is 1.48. The molecule has 6 nitrogen and oxygen atoms in total. The summed E-state index contributed by atoms with van der Waals surface area (Å²) in [6.07, 6.45) is 4.97. The van der Waals surface area contributed by atoms with E-state index in [9.17, 15) is 9.59 Å². The molecule has 2 amide bonds. The van der Waals surface area contributed by atoms with Crippen molar-refractivity contribution >= 4 is 23.2 Å². The van der Waals surface area contributed by atoms with E-state index in [-0.39, 0.29) is 35.5 Å². The molecule has 0 aromatic heterocycles. The molecule has 2 aromatic carbocycles. The first-order valence-electron chi connectivity index (χ1n) is 9.67. The highest BCUT2D eigenvalue weighted by atomic mass is 16.5. The lowest BCUT2D eigenvalue weighted by atomic mass is 9.81. The van der Waals surface area contributed by atoms with Gasteiger partial charge in [-0.2, -0.15) is 0 Å². The summed E-state index contributed by atoms with van der Waals surface area (Å²) in [6.45, 7) is 0. The SMILES string of the molecule is COc1ccc(NC(=O)[C@@H]2[C@H](C(=O)Nc3ccc(OC)cc3)[C@H]3C=C[C@H]2C3)cc1. The average Bonchev–Trinajstić information content (AvgIpc) is 3.36. The minimum absolute atomic E-state index is 0.0878. The first kappa shape index (κ1) is 19.1. The molecule has 0 radical (unpaired) electrons. The van der Waals surface area contributed by atoms with Gasteiger partial charge in [-0.05, 0) is 66.8 Å². The van der Waals surface area contributed by atoms with Gasteiger partial charge in [-0.3, -0.25) is 9.59 Å². The lowest BCUT2D eigenvalue weighted by molar-refractivity contribution is -0.129. The van der Waals surface area contributed by atoms with Crippen molar-refractivity contribution in [2.45, 2.75) is 6.42 Å². The molecule has 0 saturated heterocycles. The zero-order valence-corrected chi connectivity index (χ0v) is 16.4. The van der Waals surface area contributed by atoms with E-state index in [1.165, 1.54) is 0 Å². The van der Waals surface area contributed by atoms with Crippen LogP contribution in [0.15, 0.2) is 60.7 Å². The predicted octanol–water partition coefficient (Wildman–Crippen LogP) is 3.72. The molecule has 4 rings (SSSR count). The third kappa shape index (κ3) is 3.83. The topological polar surface area (TPSA) is 76.7 Å². The molecule has 1 fully saturated rings. The summed E-state index contributed by atoms with van der Waals surface area (Å²) < 4.78 is 10.3. The van der Waals surface area contributed by atoms with Gasteiger partial charge in [-0.1, -0.05) is 12.2 Å². The van der Waals surface area contributed by atoms with Gasteiger partial charge in [-0.15, -0.1) is 0 Å². The van der Waals surface area contributed by atoms with Crippen molar-refractivity contribution in [3.8, 4) is 11.5 Å². The number of hydrogen-bond acceptors (Lipinski definition) is 4. The van der Waals surface area contributed by atoms with Gasteiger partial charge >= 0.3 is 0 Å². The number of ether oxygens (including phenoxy) is 2. The Morgan fingerprint density at radius 2 is 1.10 bits per heavy atom. The summed E-state index contributed by atoms with van der Waals surface area (Å²) in [7, 11) is 3.20. The van der Waals surface area contributed by atoms with E-state index >= 15 is 0 Å². The number of carbonyl (C=O) groups is 2. The summed E-state index contributed by atoms with van der Waals surface area (Å²) in [4.78, 5) is 26.1. The molecule has 0 heterocycles. The van der Waals surface area contributed by atoms with Gasteiger partial charge in [0.05, 0.1) is 26.1 Å². The minimum atomic E-state index is -0.384. The van der Waals surface area contributed by atoms with Gasteiger partial charge in [0.2, 0.25) is 11.8 Å². The summed E-state index contributed by atoms with van der Waals surface area (Å²) in [5.74, 6) is 0.611. The van der Waals surface area contributed by atoms with Crippen LogP contribution in [0.25, 0.3) is 0 Å². The summed E-state index contributed by atoms with van der Waals surface area (Å²) in [6, 6.07) is 14.4. The van der Waals surface area contributed by atoms with E-state index < -0.39 is 0 Å². The number of carbonyl (C=O) groups excluding carboxylic acids is 2. The van der Waals surface area contributed by atoms with Crippen LogP contribution in [0, 0.1) is 23.7 Å². The number of fused-ring (bicyclic) bond motifs is 2. The number of methoxy groups -OCH3 is 2. The van der Waals surface area contributed by atoms with Crippen LogP contribution in [-0.4, -0.2) is 26.0 Å². The normalized spacial score (nSPS) is 24.2. The molecule has 0 aliphatic heterocycles. The van der Waals surface area contributed by atoms with Crippen LogP contribution >= 0.6 is 0 Å². The van der Waals surface area contributed by atoms with Crippen LogP contribution < -0.4 is 20.1 Å². The maximum absolute atomic E-state index is 13.0. The highest BCUT2D eigenvalue weighted by Crippen LogP contribution is 2.48. The largest absolute Gasteiger partial charge is 0.497 e. The molecular formula is C23H24N2O4. The van der Waals surface area contributed by atoms with E-state index in [1.54, 1.807) is 62.8 Å². The monoisotopic (exact) mass is 392 g/mol. The first-order valence-corrected chi connectivity index (χ1v) is 9.67. The number of amides is 2. The second kappa shape index (κ2) is 7.99. The number of nitrogens with one attached hydrogen (secondary N) is 2. The minimum Gasteiger partial charge on any atom is -0.497 e. The van der Waals surface area contributed by atoms with Crippen molar-refractivity contribution in [1.29, 1.82) is 0 Å². The lowest BCUT2D eigenvalue weighted by Gasteiger charge is -2.26. The van der Waals surface area contributed by atoms with Crippen LogP contribution in [0.3, 0.4) is 0 Å². The number of rotatable bonds is 6.